The monoisotopic (exact) mass is 825 g/mol. The maximum Gasteiger partial charge on any atom is 0.323 e. The SMILES string of the molecule is COc1cc(Nc2cc(Oc3ccc(NC(=O)Nc4cc(C(C)(C)C)cc(NS(C)(=O)=O)c4OC)c4ccccc34)ccn2)ccc1C(=O)NCCN1CCCCC1O. The molecule has 1 aliphatic heterocycles. The highest BCUT2D eigenvalue weighted by Crippen LogP contribution is 2.40. The van der Waals surface area contributed by atoms with Crippen molar-refractivity contribution in [1.29, 1.82) is 0 Å². The summed E-state index contributed by atoms with van der Waals surface area (Å²) < 4.78 is 44.3. The van der Waals surface area contributed by atoms with Gasteiger partial charge in [0.15, 0.2) is 5.75 Å². The van der Waals surface area contributed by atoms with Gasteiger partial charge in [-0.15, -0.1) is 0 Å². The van der Waals surface area contributed by atoms with Crippen molar-refractivity contribution in [3.05, 3.63) is 96.2 Å². The van der Waals surface area contributed by atoms with Crippen LogP contribution in [0.5, 0.6) is 23.0 Å². The van der Waals surface area contributed by atoms with Crippen molar-refractivity contribution >= 4 is 61.3 Å². The zero-order valence-electron chi connectivity index (χ0n) is 34.0. The van der Waals surface area contributed by atoms with Crippen LogP contribution in [0.25, 0.3) is 10.8 Å². The smallest absolute Gasteiger partial charge is 0.323 e. The number of carbonyl (C=O) groups is 2. The number of carbonyl (C=O) groups excluding carboxylic acids is 2. The lowest BCUT2D eigenvalue weighted by Crippen LogP contribution is -2.43. The number of piperidine rings is 1. The summed E-state index contributed by atoms with van der Waals surface area (Å²) in [5, 5.41) is 23.6. The number of fused-ring (bicyclic) bond motifs is 1. The molecule has 4 aromatic carbocycles. The molecule has 3 amide bonds. The van der Waals surface area contributed by atoms with E-state index in [0.29, 0.717) is 58.5 Å². The lowest BCUT2D eigenvalue weighted by molar-refractivity contribution is -0.0224. The number of aliphatic hydroxyl groups excluding tert-OH is 1. The number of hydrogen-bond donors (Lipinski definition) is 6. The first-order valence-corrected chi connectivity index (χ1v) is 21.1. The van der Waals surface area contributed by atoms with E-state index in [1.165, 1.54) is 14.2 Å². The van der Waals surface area contributed by atoms with Crippen LogP contribution in [0.2, 0.25) is 0 Å². The van der Waals surface area contributed by atoms with Gasteiger partial charge in [-0.3, -0.25) is 14.4 Å². The second-order valence-corrected chi connectivity index (χ2v) is 17.0. The van der Waals surface area contributed by atoms with E-state index in [-0.39, 0.29) is 28.4 Å². The van der Waals surface area contributed by atoms with Gasteiger partial charge in [0.1, 0.15) is 29.3 Å². The lowest BCUT2D eigenvalue weighted by Gasteiger charge is -2.31. The number of hydrogen-bond acceptors (Lipinski definition) is 11. The molecule has 0 bridgehead atoms. The minimum Gasteiger partial charge on any atom is -0.496 e. The fourth-order valence-corrected chi connectivity index (χ4v) is 7.36. The topological polar surface area (TPSA) is 192 Å². The summed E-state index contributed by atoms with van der Waals surface area (Å²) in [5.41, 5.74) is 2.44. The van der Waals surface area contributed by atoms with Gasteiger partial charge in [0.25, 0.3) is 5.91 Å². The first-order chi connectivity index (χ1) is 28.1. The summed E-state index contributed by atoms with van der Waals surface area (Å²) in [6, 6.07) is 22.5. The number of sulfonamides is 1. The molecule has 1 fully saturated rings. The Bertz CT molecular complexity index is 2440. The Morgan fingerprint density at radius 2 is 1.63 bits per heavy atom. The summed E-state index contributed by atoms with van der Waals surface area (Å²) in [4.78, 5) is 33.0. The minimum absolute atomic E-state index is 0.165. The molecule has 0 saturated carbocycles. The molecular formula is C43H51N7O8S. The first kappa shape index (κ1) is 42.5. The summed E-state index contributed by atoms with van der Waals surface area (Å²) in [7, 11) is -0.740. The molecule has 15 nitrogen and oxygen atoms in total. The number of urea groups is 1. The number of rotatable bonds is 14. The Kier molecular flexibility index (Phi) is 13.1. The number of amides is 3. The van der Waals surface area contributed by atoms with E-state index in [2.05, 4.69) is 31.0 Å². The number of pyridine rings is 1. The second-order valence-electron chi connectivity index (χ2n) is 15.3. The molecule has 6 rings (SSSR count). The van der Waals surface area contributed by atoms with Gasteiger partial charge in [0, 0.05) is 54.4 Å². The van der Waals surface area contributed by atoms with Crippen LogP contribution < -0.4 is 40.2 Å². The number of benzene rings is 4. The van der Waals surface area contributed by atoms with Crippen LogP contribution >= 0.6 is 0 Å². The van der Waals surface area contributed by atoms with E-state index in [0.717, 1.165) is 43.0 Å². The zero-order valence-corrected chi connectivity index (χ0v) is 34.8. The third-order valence-electron chi connectivity index (χ3n) is 9.78. The lowest BCUT2D eigenvalue weighted by atomic mass is 9.86. The number of likely N-dealkylation sites (tertiary alicyclic amines) is 1. The number of anilines is 5. The molecule has 0 spiro atoms. The largest absolute Gasteiger partial charge is 0.496 e. The standard InChI is InChI=1S/C43H51N7O8S/c1-43(2,3)27-23-34(40(57-5)35(24-27)49-59(6,54)55)48-42(53)47-33-16-17-36(31-12-8-7-11-30(31)33)58-29-18-19-44-38(26-29)46-28-14-15-32(37(25-28)56-4)41(52)45-20-22-50-21-10-9-13-39(50)51/h7-8,11-12,14-19,23-26,39,49,51H,9-10,13,20-22H2,1-6H3,(H,44,46)(H,45,52)(H2,47,48,53). The van der Waals surface area contributed by atoms with Gasteiger partial charge in [-0.25, -0.2) is 18.2 Å². The van der Waals surface area contributed by atoms with E-state index in [9.17, 15) is 23.1 Å². The highest BCUT2D eigenvalue weighted by atomic mass is 32.2. The number of aliphatic hydroxyl groups is 1. The summed E-state index contributed by atoms with van der Waals surface area (Å²) in [5.74, 6) is 1.80. The van der Waals surface area contributed by atoms with E-state index in [4.69, 9.17) is 14.2 Å². The molecular weight excluding hydrogens is 775 g/mol. The predicted molar refractivity (Wildman–Crippen MR) is 231 cm³/mol. The van der Waals surface area contributed by atoms with Gasteiger partial charge in [-0.05, 0) is 72.7 Å². The van der Waals surface area contributed by atoms with E-state index < -0.39 is 22.3 Å². The van der Waals surface area contributed by atoms with E-state index in [1.54, 1.807) is 60.8 Å². The maximum absolute atomic E-state index is 13.5. The fraction of sp³-hybridized carbons (Fsp3) is 0.326. The van der Waals surface area contributed by atoms with Crippen LogP contribution in [0.15, 0.2) is 85.1 Å². The van der Waals surface area contributed by atoms with Gasteiger partial charge < -0.3 is 40.6 Å². The van der Waals surface area contributed by atoms with Crippen molar-refractivity contribution < 1.29 is 37.3 Å². The Morgan fingerprint density at radius 3 is 2.34 bits per heavy atom. The average Bonchev–Trinajstić information content (AvgIpc) is 3.18. The van der Waals surface area contributed by atoms with Gasteiger partial charge >= 0.3 is 6.03 Å². The van der Waals surface area contributed by atoms with Crippen molar-refractivity contribution in [3.63, 3.8) is 0 Å². The third-order valence-corrected chi connectivity index (χ3v) is 10.4. The average molecular weight is 826 g/mol. The molecule has 16 heteroatoms. The molecule has 1 saturated heterocycles. The molecule has 5 aromatic rings. The summed E-state index contributed by atoms with van der Waals surface area (Å²) in [6.07, 6.45) is 4.97. The van der Waals surface area contributed by atoms with Crippen LogP contribution in [-0.2, 0) is 15.4 Å². The Morgan fingerprint density at radius 1 is 0.881 bits per heavy atom. The molecule has 0 aliphatic carbocycles. The molecule has 0 radical (unpaired) electrons. The Hall–Kier alpha value is -6.10. The second kappa shape index (κ2) is 18.2. The molecule has 2 heterocycles. The molecule has 59 heavy (non-hydrogen) atoms. The Labute approximate surface area is 344 Å². The highest BCUT2D eigenvalue weighted by Gasteiger charge is 2.23. The molecule has 312 valence electrons. The number of methoxy groups -OCH3 is 2. The van der Waals surface area contributed by atoms with Crippen molar-refractivity contribution in [2.45, 2.75) is 51.7 Å². The van der Waals surface area contributed by atoms with E-state index >= 15 is 0 Å². The first-order valence-electron chi connectivity index (χ1n) is 19.2. The quantitative estimate of drug-likeness (QED) is 0.0645. The normalized spacial score (nSPS) is 14.6. The van der Waals surface area contributed by atoms with Crippen LogP contribution in [-0.4, -0.2) is 81.7 Å². The van der Waals surface area contributed by atoms with Crippen LogP contribution in [0.4, 0.5) is 33.4 Å². The molecule has 1 unspecified atom stereocenters. The van der Waals surface area contributed by atoms with Gasteiger partial charge in [0.05, 0.1) is 43.1 Å². The van der Waals surface area contributed by atoms with Crippen molar-refractivity contribution in [2.24, 2.45) is 0 Å². The van der Waals surface area contributed by atoms with E-state index in [1.807, 2.05) is 49.9 Å². The number of aromatic nitrogens is 1. The summed E-state index contributed by atoms with van der Waals surface area (Å²) >= 11 is 0. The number of nitrogens with one attached hydrogen (secondary N) is 5. The van der Waals surface area contributed by atoms with Crippen molar-refractivity contribution in [1.82, 2.24) is 15.2 Å². The number of nitrogens with zero attached hydrogens (tertiary/aromatic N) is 2. The Balaban J connectivity index is 1.15. The van der Waals surface area contributed by atoms with Crippen molar-refractivity contribution in [2.75, 3.05) is 60.8 Å². The van der Waals surface area contributed by atoms with Crippen LogP contribution in [0.1, 0.15) is 56.0 Å². The molecule has 1 atom stereocenters. The van der Waals surface area contributed by atoms with Crippen molar-refractivity contribution in [3.8, 4) is 23.0 Å². The maximum atomic E-state index is 13.5. The molecule has 1 aromatic heterocycles. The van der Waals surface area contributed by atoms with Gasteiger partial charge in [-0.2, -0.15) is 0 Å². The fourth-order valence-electron chi connectivity index (χ4n) is 6.81. The zero-order chi connectivity index (χ0) is 42.3. The van der Waals surface area contributed by atoms with Gasteiger partial charge in [-0.1, -0.05) is 45.0 Å². The summed E-state index contributed by atoms with van der Waals surface area (Å²) in [6.45, 7) is 7.71. The molecule has 1 aliphatic rings. The van der Waals surface area contributed by atoms with Crippen LogP contribution in [0, 0.1) is 0 Å². The minimum atomic E-state index is -3.65. The molecule has 6 N–H and O–H groups in total. The number of ether oxygens (including phenoxy) is 3. The highest BCUT2D eigenvalue weighted by molar-refractivity contribution is 7.92. The van der Waals surface area contributed by atoms with Gasteiger partial charge in [0.2, 0.25) is 10.0 Å². The predicted octanol–water partition coefficient (Wildman–Crippen LogP) is 7.64. The third kappa shape index (κ3) is 10.9. The van der Waals surface area contributed by atoms with Crippen LogP contribution in [0.3, 0.4) is 0 Å².